The van der Waals surface area contributed by atoms with Crippen LogP contribution in [0.25, 0.3) is 10.9 Å². The lowest BCUT2D eigenvalue weighted by Gasteiger charge is -2.18. The topological polar surface area (TPSA) is 60.2 Å². The normalized spacial score (nSPS) is 20.4. The fourth-order valence-corrected chi connectivity index (χ4v) is 2.86. The van der Waals surface area contributed by atoms with Crippen LogP contribution < -0.4 is 11.3 Å². The van der Waals surface area contributed by atoms with Crippen LogP contribution in [0.1, 0.15) is 18.5 Å². The van der Waals surface area contributed by atoms with Crippen LogP contribution in [0.3, 0.4) is 0 Å². The summed E-state index contributed by atoms with van der Waals surface area (Å²) in [4.78, 5) is 4.71. The van der Waals surface area contributed by atoms with Gasteiger partial charge in [-0.1, -0.05) is 24.3 Å². The zero-order chi connectivity index (χ0) is 13.8. The number of aromatic nitrogens is 1. The average molecular weight is 271 g/mol. The van der Waals surface area contributed by atoms with Crippen LogP contribution in [-0.4, -0.2) is 24.2 Å². The van der Waals surface area contributed by atoms with Crippen molar-refractivity contribution in [2.45, 2.75) is 25.3 Å². The quantitative estimate of drug-likeness (QED) is 0.645. The first-order chi connectivity index (χ1) is 9.85. The number of benzene rings is 1. The molecule has 1 aliphatic heterocycles. The summed E-state index contributed by atoms with van der Waals surface area (Å²) in [6.45, 7) is 1.75. The lowest BCUT2D eigenvalue weighted by molar-refractivity contribution is 0.181. The largest absolute Gasteiger partial charge is 0.381 e. The van der Waals surface area contributed by atoms with Gasteiger partial charge in [0.25, 0.3) is 0 Å². The van der Waals surface area contributed by atoms with Crippen molar-refractivity contribution in [1.29, 1.82) is 0 Å². The molecule has 1 aromatic carbocycles. The summed E-state index contributed by atoms with van der Waals surface area (Å²) in [5.74, 6) is 6.31. The fraction of sp³-hybridized carbons (Fsp3) is 0.438. The van der Waals surface area contributed by atoms with Crippen LogP contribution in [0.4, 0.5) is 0 Å². The minimum atomic E-state index is 0.260. The van der Waals surface area contributed by atoms with Gasteiger partial charge in [0.05, 0.1) is 5.52 Å². The number of ether oxygens (including phenoxy) is 1. The van der Waals surface area contributed by atoms with E-state index >= 15 is 0 Å². The minimum Gasteiger partial charge on any atom is -0.381 e. The molecule has 0 radical (unpaired) electrons. The molecule has 1 aromatic heterocycles. The van der Waals surface area contributed by atoms with E-state index in [1.165, 1.54) is 5.39 Å². The van der Waals surface area contributed by atoms with Gasteiger partial charge in [-0.15, -0.1) is 0 Å². The Morgan fingerprint density at radius 2 is 2.20 bits per heavy atom. The molecule has 3 rings (SSSR count). The number of para-hydroxylation sites is 1. The van der Waals surface area contributed by atoms with E-state index in [2.05, 4.69) is 29.7 Å². The first-order valence-corrected chi connectivity index (χ1v) is 7.23. The van der Waals surface area contributed by atoms with Gasteiger partial charge in [-0.2, -0.15) is 0 Å². The SMILES string of the molecule is NNC(Cc1ccc2ccccc2n1)CC1CCOC1. The van der Waals surface area contributed by atoms with Crippen molar-refractivity contribution in [3.63, 3.8) is 0 Å². The zero-order valence-corrected chi connectivity index (χ0v) is 11.6. The van der Waals surface area contributed by atoms with Gasteiger partial charge in [0.15, 0.2) is 0 Å². The van der Waals surface area contributed by atoms with Gasteiger partial charge in [0, 0.05) is 36.8 Å². The van der Waals surface area contributed by atoms with Crippen LogP contribution in [0.15, 0.2) is 36.4 Å². The predicted octanol–water partition coefficient (Wildman–Crippen LogP) is 2.04. The summed E-state index contributed by atoms with van der Waals surface area (Å²) in [5.41, 5.74) is 5.06. The van der Waals surface area contributed by atoms with Crippen molar-refractivity contribution in [3.8, 4) is 0 Å². The number of pyridine rings is 1. The molecule has 106 valence electrons. The third-order valence-corrected chi connectivity index (χ3v) is 3.99. The Morgan fingerprint density at radius 3 is 3.00 bits per heavy atom. The van der Waals surface area contributed by atoms with E-state index in [0.29, 0.717) is 5.92 Å². The molecule has 0 bridgehead atoms. The van der Waals surface area contributed by atoms with Crippen molar-refractivity contribution in [3.05, 3.63) is 42.1 Å². The number of rotatable bonds is 5. The molecule has 1 aliphatic rings. The van der Waals surface area contributed by atoms with E-state index in [4.69, 9.17) is 15.6 Å². The van der Waals surface area contributed by atoms with Gasteiger partial charge in [0.2, 0.25) is 0 Å². The van der Waals surface area contributed by atoms with E-state index < -0.39 is 0 Å². The van der Waals surface area contributed by atoms with Gasteiger partial charge in [-0.05, 0) is 30.9 Å². The Kier molecular flexibility index (Phi) is 4.25. The Morgan fingerprint density at radius 1 is 1.30 bits per heavy atom. The molecule has 2 unspecified atom stereocenters. The van der Waals surface area contributed by atoms with E-state index in [1.54, 1.807) is 0 Å². The summed E-state index contributed by atoms with van der Waals surface area (Å²) in [7, 11) is 0. The number of nitrogens with one attached hydrogen (secondary N) is 1. The highest BCUT2D eigenvalue weighted by Crippen LogP contribution is 2.20. The molecular formula is C16H21N3O. The number of nitrogens with zero attached hydrogens (tertiary/aromatic N) is 1. The highest BCUT2D eigenvalue weighted by molar-refractivity contribution is 5.78. The second-order valence-electron chi connectivity index (χ2n) is 5.53. The lowest BCUT2D eigenvalue weighted by Crippen LogP contribution is -2.38. The maximum absolute atomic E-state index is 5.69. The lowest BCUT2D eigenvalue weighted by atomic mass is 9.96. The van der Waals surface area contributed by atoms with Crippen molar-refractivity contribution >= 4 is 10.9 Å². The van der Waals surface area contributed by atoms with Crippen LogP contribution in [0.2, 0.25) is 0 Å². The number of nitrogens with two attached hydrogens (primary N) is 1. The van der Waals surface area contributed by atoms with Crippen LogP contribution in [-0.2, 0) is 11.2 Å². The Hall–Kier alpha value is -1.49. The molecule has 2 aromatic rings. The number of fused-ring (bicyclic) bond motifs is 1. The summed E-state index contributed by atoms with van der Waals surface area (Å²) in [5, 5.41) is 1.18. The van der Waals surface area contributed by atoms with Gasteiger partial charge in [-0.25, -0.2) is 0 Å². The molecule has 20 heavy (non-hydrogen) atoms. The highest BCUT2D eigenvalue weighted by Gasteiger charge is 2.20. The second kappa shape index (κ2) is 6.31. The first kappa shape index (κ1) is 13.5. The summed E-state index contributed by atoms with van der Waals surface area (Å²) < 4.78 is 5.43. The van der Waals surface area contributed by atoms with Crippen molar-refractivity contribution < 1.29 is 4.74 Å². The van der Waals surface area contributed by atoms with Crippen molar-refractivity contribution in [2.24, 2.45) is 11.8 Å². The van der Waals surface area contributed by atoms with Crippen LogP contribution >= 0.6 is 0 Å². The van der Waals surface area contributed by atoms with E-state index in [1.807, 2.05) is 12.1 Å². The monoisotopic (exact) mass is 271 g/mol. The predicted molar refractivity (Wildman–Crippen MR) is 80.1 cm³/mol. The van der Waals surface area contributed by atoms with Crippen molar-refractivity contribution in [2.75, 3.05) is 13.2 Å². The molecule has 3 N–H and O–H groups in total. The molecule has 0 aliphatic carbocycles. The molecule has 1 saturated heterocycles. The zero-order valence-electron chi connectivity index (χ0n) is 11.6. The molecule has 4 heteroatoms. The maximum Gasteiger partial charge on any atom is 0.0705 e. The van der Waals surface area contributed by atoms with Crippen LogP contribution in [0.5, 0.6) is 0 Å². The van der Waals surface area contributed by atoms with Gasteiger partial charge < -0.3 is 4.74 Å². The molecule has 2 atom stereocenters. The minimum absolute atomic E-state index is 0.260. The molecule has 0 amide bonds. The molecule has 1 fully saturated rings. The molecule has 2 heterocycles. The van der Waals surface area contributed by atoms with Gasteiger partial charge in [-0.3, -0.25) is 16.3 Å². The maximum atomic E-state index is 5.69. The Balaban J connectivity index is 1.69. The smallest absolute Gasteiger partial charge is 0.0705 e. The van der Waals surface area contributed by atoms with E-state index in [9.17, 15) is 0 Å². The van der Waals surface area contributed by atoms with E-state index in [0.717, 1.165) is 43.7 Å². The highest BCUT2D eigenvalue weighted by atomic mass is 16.5. The molecule has 4 nitrogen and oxygen atoms in total. The molecular weight excluding hydrogens is 250 g/mol. The molecule has 0 spiro atoms. The Bertz CT molecular complexity index is 566. The van der Waals surface area contributed by atoms with Gasteiger partial charge >= 0.3 is 0 Å². The number of hydrogen-bond acceptors (Lipinski definition) is 4. The van der Waals surface area contributed by atoms with Crippen molar-refractivity contribution in [1.82, 2.24) is 10.4 Å². The van der Waals surface area contributed by atoms with Gasteiger partial charge in [0.1, 0.15) is 0 Å². The molecule has 0 saturated carbocycles. The third-order valence-electron chi connectivity index (χ3n) is 3.99. The van der Waals surface area contributed by atoms with E-state index in [-0.39, 0.29) is 6.04 Å². The average Bonchev–Trinajstić information content (AvgIpc) is 2.99. The summed E-state index contributed by atoms with van der Waals surface area (Å²) in [6, 6.07) is 12.7. The van der Waals surface area contributed by atoms with Crippen LogP contribution in [0, 0.1) is 5.92 Å². The third kappa shape index (κ3) is 3.15. The number of hydrogen-bond donors (Lipinski definition) is 2. The first-order valence-electron chi connectivity index (χ1n) is 7.23. The Labute approximate surface area is 119 Å². The second-order valence-corrected chi connectivity index (χ2v) is 5.53. The summed E-state index contributed by atoms with van der Waals surface area (Å²) >= 11 is 0. The summed E-state index contributed by atoms with van der Waals surface area (Å²) in [6.07, 6.45) is 3.05. The number of hydrazine groups is 1. The fourth-order valence-electron chi connectivity index (χ4n) is 2.86. The standard InChI is InChI=1S/C16H21N3O/c17-19-15(9-12-7-8-20-11-12)10-14-6-5-13-3-1-2-4-16(13)18-14/h1-6,12,15,19H,7-11,17H2.